The monoisotopic (exact) mass is 375 g/mol. The standard InChI is InChI=1S/C20H23F2N3O2/c1-13(19-23-16-7-5-6-8-17(16)25(19)20(21)22)24(2)12-14-9-10-15(26-3)11-18(14)27-4/h5-11,13,20H,12H2,1-4H3. The molecule has 1 aromatic heterocycles. The lowest BCUT2D eigenvalue weighted by atomic mass is 10.1. The minimum absolute atomic E-state index is 0.321. The average molecular weight is 375 g/mol. The first-order valence-corrected chi connectivity index (χ1v) is 8.62. The predicted octanol–water partition coefficient (Wildman–Crippen LogP) is 4.64. The highest BCUT2D eigenvalue weighted by atomic mass is 19.3. The van der Waals surface area contributed by atoms with Gasteiger partial charge in [0.1, 0.15) is 17.3 Å². The molecule has 0 saturated carbocycles. The zero-order valence-electron chi connectivity index (χ0n) is 15.8. The molecule has 5 nitrogen and oxygen atoms in total. The fourth-order valence-electron chi connectivity index (χ4n) is 3.15. The first-order valence-electron chi connectivity index (χ1n) is 8.62. The van der Waals surface area contributed by atoms with Gasteiger partial charge in [0, 0.05) is 18.2 Å². The fraction of sp³-hybridized carbons (Fsp3) is 0.350. The number of fused-ring (bicyclic) bond motifs is 1. The number of aromatic nitrogens is 2. The van der Waals surface area contributed by atoms with Crippen molar-refractivity contribution in [2.45, 2.75) is 26.1 Å². The molecule has 7 heteroatoms. The molecule has 0 aliphatic heterocycles. The molecule has 0 saturated heterocycles. The molecule has 144 valence electrons. The Morgan fingerprint density at radius 1 is 1.11 bits per heavy atom. The summed E-state index contributed by atoms with van der Waals surface area (Å²) >= 11 is 0. The molecule has 0 bridgehead atoms. The number of imidazole rings is 1. The van der Waals surface area contributed by atoms with E-state index in [-0.39, 0.29) is 6.04 Å². The molecule has 0 fully saturated rings. The molecule has 1 atom stereocenters. The van der Waals surface area contributed by atoms with E-state index in [0.29, 0.717) is 34.9 Å². The Kier molecular flexibility index (Phi) is 5.60. The number of nitrogens with zero attached hydrogens (tertiary/aromatic N) is 3. The lowest BCUT2D eigenvalue weighted by Crippen LogP contribution is -2.25. The second-order valence-corrected chi connectivity index (χ2v) is 6.38. The summed E-state index contributed by atoms with van der Waals surface area (Å²) in [4.78, 5) is 6.42. The maximum absolute atomic E-state index is 13.7. The summed E-state index contributed by atoms with van der Waals surface area (Å²) in [6.45, 7) is -0.268. The summed E-state index contributed by atoms with van der Waals surface area (Å²) in [5.41, 5.74) is 1.94. The second kappa shape index (κ2) is 7.92. The van der Waals surface area contributed by atoms with Gasteiger partial charge < -0.3 is 9.47 Å². The number of hydrogen-bond acceptors (Lipinski definition) is 4. The largest absolute Gasteiger partial charge is 0.497 e. The third-order valence-corrected chi connectivity index (χ3v) is 4.77. The van der Waals surface area contributed by atoms with E-state index in [0.717, 1.165) is 10.1 Å². The van der Waals surface area contributed by atoms with Gasteiger partial charge in [-0.15, -0.1) is 0 Å². The third-order valence-electron chi connectivity index (χ3n) is 4.77. The van der Waals surface area contributed by atoms with Gasteiger partial charge in [0.05, 0.1) is 31.3 Å². The quantitative estimate of drug-likeness (QED) is 0.603. The fourth-order valence-corrected chi connectivity index (χ4v) is 3.15. The summed E-state index contributed by atoms with van der Waals surface area (Å²) in [5.74, 6) is 1.72. The van der Waals surface area contributed by atoms with Crippen LogP contribution in [0.1, 0.15) is 30.9 Å². The predicted molar refractivity (Wildman–Crippen MR) is 100 cm³/mol. The van der Waals surface area contributed by atoms with E-state index in [4.69, 9.17) is 9.47 Å². The molecule has 3 rings (SSSR count). The molecule has 3 aromatic rings. The van der Waals surface area contributed by atoms with Crippen molar-refractivity contribution < 1.29 is 18.3 Å². The van der Waals surface area contributed by atoms with Crippen LogP contribution in [0.15, 0.2) is 42.5 Å². The van der Waals surface area contributed by atoms with Gasteiger partial charge >= 0.3 is 6.55 Å². The van der Waals surface area contributed by atoms with Crippen molar-refractivity contribution in [3.05, 3.63) is 53.9 Å². The van der Waals surface area contributed by atoms with Gasteiger partial charge in [-0.3, -0.25) is 9.47 Å². The number of ether oxygens (including phenoxy) is 2. The van der Waals surface area contributed by atoms with Gasteiger partial charge in [-0.1, -0.05) is 18.2 Å². The Hall–Kier alpha value is -2.67. The van der Waals surface area contributed by atoms with Crippen LogP contribution in [0, 0.1) is 0 Å². The molecular weight excluding hydrogens is 352 g/mol. The van der Waals surface area contributed by atoms with Crippen molar-refractivity contribution in [2.75, 3.05) is 21.3 Å². The first kappa shape index (κ1) is 19.1. The molecule has 2 aromatic carbocycles. The minimum Gasteiger partial charge on any atom is -0.497 e. The van der Waals surface area contributed by atoms with Gasteiger partial charge in [-0.05, 0) is 32.2 Å². The van der Waals surface area contributed by atoms with Crippen LogP contribution in [0.2, 0.25) is 0 Å². The van der Waals surface area contributed by atoms with Crippen molar-refractivity contribution in [3.8, 4) is 11.5 Å². The molecule has 0 amide bonds. The van der Waals surface area contributed by atoms with Crippen molar-refractivity contribution in [2.24, 2.45) is 0 Å². The van der Waals surface area contributed by atoms with E-state index in [1.165, 1.54) is 0 Å². The van der Waals surface area contributed by atoms with E-state index in [1.54, 1.807) is 38.5 Å². The molecule has 0 aliphatic carbocycles. The SMILES string of the molecule is COc1ccc(CN(C)C(C)c2nc3ccccc3n2C(F)F)c(OC)c1. The highest BCUT2D eigenvalue weighted by Crippen LogP contribution is 2.31. The van der Waals surface area contributed by atoms with Gasteiger partial charge in [0.15, 0.2) is 0 Å². The van der Waals surface area contributed by atoms with Crippen molar-refractivity contribution in [1.29, 1.82) is 0 Å². The number of hydrogen-bond donors (Lipinski definition) is 0. The van der Waals surface area contributed by atoms with Gasteiger partial charge in [-0.25, -0.2) is 4.98 Å². The number of methoxy groups -OCH3 is 2. The number of rotatable bonds is 7. The van der Waals surface area contributed by atoms with E-state index in [2.05, 4.69) is 4.98 Å². The minimum atomic E-state index is -2.65. The Morgan fingerprint density at radius 2 is 1.85 bits per heavy atom. The summed E-state index contributed by atoms with van der Waals surface area (Å²) in [6.07, 6.45) is 0. The van der Waals surface area contributed by atoms with Crippen LogP contribution in [0.5, 0.6) is 11.5 Å². The number of para-hydroxylation sites is 2. The molecule has 0 N–H and O–H groups in total. The van der Waals surface area contributed by atoms with Crippen LogP contribution in [0.3, 0.4) is 0 Å². The molecule has 0 spiro atoms. The van der Waals surface area contributed by atoms with Crippen molar-refractivity contribution in [3.63, 3.8) is 0 Å². The van der Waals surface area contributed by atoms with Crippen molar-refractivity contribution in [1.82, 2.24) is 14.5 Å². The smallest absolute Gasteiger partial charge is 0.320 e. The van der Waals surface area contributed by atoms with E-state index in [1.807, 2.05) is 37.1 Å². The Balaban J connectivity index is 1.91. The molecular formula is C20H23F2N3O2. The van der Waals surface area contributed by atoms with Crippen LogP contribution >= 0.6 is 0 Å². The van der Waals surface area contributed by atoms with Gasteiger partial charge in [-0.2, -0.15) is 8.78 Å². The lowest BCUT2D eigenvalue weighted by Gasteiger charge is -2.26. The first-order chi connectivity index (χ1) is 13.0. The summed E-state index contributed by atoms with van der Waals surface area (Å²) in [6, 6.07) is 12.2. The average Bonchev–Trinajstić information content (AvgIpc) is 3.07. The molecule has 1 unspecified atom stereocenters. The van der Waals surface area contributed by atoms with E-state index >= 15 is 0 Å². The summed E-state index contributed by atoms with van der Waals surface area (Å²) < 4.78 is 39.1. The van der Waals surface area contributed by atoms with Crippen LogP contribution in [0.25, 0.3) is 11.0 Å². The second-order valence-electron chi connectivity index (χ2n) is 6.38. The molecule has 27 heavy (non-hydrogen) atoms. The van der Waals surface area contributed by atoms with E-state index in [9.17, 15) is 8.78 Å². The van der Waals surface area contributed by atoms with Crippen LogP contribution < -0.4 is 9.47 Å². The Bertz CT molecular complexity index is 927. The number of alkyl halides is 2. The van der Waals surface area contributed by atoms with E-state index < -0.39 is 6.55 Å². The highest BCUT2D eigenvalue weighted by molar-refractivity contribution is 5.76. The number of benzene rings is 2. The van der Waals surface area contributed by atoms with Crippen molar-refractivity contribution >= 4 is 11.0 Å². The summed E-state index contributed by atoms with van der Waals surface area (Å²) in [7, 11) is 5.07. The third kappa shape index (κ3) is 3.73. The zero-order chi connectivity index (χ0) is 19.6. The maximum Gasteiger partial charge on any atom is 0.320 e. The topological polar surface area (TPSA) is 39.5 Å². The van der Waals surface area contributed by atoms with Crippen LogP contribution in [-0.4, -0.2) is 35.7 Å². The molecule has 0 radical (unpaired) electrons. The summed E-state index contributed by atoms with van der Waals surface area (Å²) in [5, 5.41) is 0. The molecule has 1 heterocycles. The normalized spacial score (nSPS) is 12.7. The Morgan fingerprint density at radius 3 is 2.52 bits per heavy atom. The zero-order valence-corrected chi connectivity index (χ0v) is 15.8. The van der Waals surface area contributed by atoms with Crippen LogP contribution in [0.4, 0.5) is 8.78 Å². The van der Waals surface area contributed by atoms with Gasteiger partial charge in [0.25, 0.3) is 0 Å². The van der Waals surface area contributed by atoms with Crippen LogP contribution in [-0.2, 0) is 6.54 Å². The number of halogens is 2. The Labute approximate surface area is 157 Å². The highest BCUT2D eigenvalue weighted by Gasteiger charge is 2.24. The lowest BCUT2D eigenvalue weighted by molar-refractivity contribution is 0.0657. The molecule has 0 aliphatic rings. The van der Waals surface area contributed by atoms with Gasteiger partial charge in [0.2, 0.25) is 0 Å². The maximum atomic E-state index is 13.7.